The molecule has 0 spiro atoms. The second-order valence-corrected chi connectivity index (χ2v) is 6.42. The highest BCUT2D eigenvalue weighted by Crippen LogP contribution is 2.25. The standard InChI is InChI=1S/C15H22N4O/c1-15(2,11-20)9-12-10-16-19-8-5-13(17-14(12)19)18-6-3-4-7-18/h5,8,10,20H,3-4,6-7,9,11H2,1-2H3. The van der Waals surface area contributed by atoms with Crippen LogP contribution in [0, 0.1) is 5.41 Å². The van der Waals surface area contributed by atoms with E-state index < -0.39 is 0 Å². The van der Waals surface area contributed by atoms with Crippen molar-refractivity contribution in [1.29, 1.82) is 0 Å². The first-order valence-electron chi connectivity index (χ1n) is 7.28. The van der Waals surface area contributed by atoms with Gasteiger partial charge in [0.15, 0.2) is 5.65 Å². The second-order valence-electron chi connectivity index (χ2n) is 6.42. The topological polar surface area (TPSA) is 53.7 Å². The van der Waals surface area contributed by atoms with E-state index in [-0.39, 0.29) is 12.0 Å². The summed E-state index contributed by atoms with van der Waals surface area (Å²) in [6.45, 7) is 6.46. The van der Waals surface area contributed by atoms with Crippen molar-refractivity contribution < 1.29 is 5.11 Å². The van der Waals surface area contributed by atoms with Crippen molar-refractivity contribution in [2.24, 2.45) is 5.41 Å². The Morgan fingerprint density at radius 1 is 1.30 bits per heavy atom. The monoisotopic (exact) mass is 274 g/mol. The molecular weight excluding hydrogens is 252 g/mol. The quantitative estimate of drug-likeness (QED) is 0.925. The van der Waals surface area contributed by atoms with Crippen LogP contribution in [0.3, 0.4) is 0 Å². The van der Waals surface area contributed by atoms with Gasteiger partial charge in [0, 0.05) is 31.5 Å². The largest absolute Gasteiger partial charge is 0.396 e. The Morgan fingerprint density at radius 3 is 2.75 bits per heavy atom. The molecule has 0 atom stereocenters. The molecule has 0 saturated carbocycles. The molecule has 0 amide bonds. The fraction of sp³-hybridized carbons (Fsp3) is 0.600. The summed E-state index contributed by atoms with van der Waals surface area (Å²) in [6, 6.07) is 2.03. The molecule has 2 aromatic rings. The fourth-order valence-electron chi connectivity index (χ4n) is 2.73. The highest BCUT2D eigenvalue weighted by molar-refractivity contribution is 5.53. The molecule has 1 saturated heterocycles. The predicted molar refractivity (Wildman–Crippen MR) is 79.0 cm³/mol. The van der Waals surface area contributed by atoms with E-state index >= 15 is 0 Å². The third-order valence-corrected chi connectivity index (χ3v) is 3.95. The van der Waals surface area contributed by atoms with Gasteiger partial charge in [-0.15, -0.1) is 0 Å². The Hall–Kier alpha value is -1.62. The summed E-state index contributed by atoms with van der Waals surface area (Å²) in [5.41, 5.74) is 1.87. The minimum Gasteiger partial charge on any atom is -0.396 e. The van der Waals surface area contributed by atoms with Crippen LogP contribution in [0.1, 0.15) is 32.3 Å². The van der Waals surface area contributed by atoms with Crippen molar-refractivity contribution in [3.8, 4) is 0 Å². The number of nitrogens with zero attached hydrogens (tertiary/aromatic N) is 4. The van der Waals surface area contributed by atoms with E-state index in [2.05, 4.69) is 23.8 Å². The number of hydrogen-bond acceptors (Lipinski definition) is 4. The van der Waals surface area contributed by atoms with Gasteiger partial charge in [-0.2, -0.15) is 5.10 Å². The number of anilines is 1. The molecule has 1 aliphatic rings. The van der Waals surface area contributed by atoms with Gasteiger partial charge in [-0.05, 0) is 30.7 Å². The van der Waals surface area contributed by atoms with Crippen LogP contribution in [0.4, 0.5) is 5.82 Å². The summed E-state index contributed by atoms with van der Waals surface area (Å²) in [5.74, 6) is 1.04. The van der Waals surface area contributed by atoms with E-state index in [1.165, 1.54) is 12.8 Å². The van der Waals surface area contributed by atoms with Crippen molar-refractivity contribution >= 4 is 11.5 Å². The minimum atomic E-state index is -0.144. The molecule has 1 aliphatic heterocycles. The molecule has 2 aromatic heterocycles. The lowest BCUT2D eigenvalue weighted by Gasteiger charge is -2.20. The summed E-state index contributed by atoms with van der Waals surface area (Å²) in [5, 5.41) is 13.8. The Kier molecular flexibility index (Phi) is 3.38. The Labute approximate surface area is 119 Å². The number of rotatable bonds is 4. The lowest BCUT2D eigenvalue weighted by Crippen LogP contribution is -2.21. The summed E-state index contributed by atoms with van der Waals surface area (Å²) in [4.78, 5) is 7.11. The molecule has 0 unspecified atom stereocenters. The maximum atomic E-state index is 9.44. The fourth-order valence-corrected chi connectivity index (χ4v) is 2.73. The first-order valence-corrected chi connectivity index (χ1v) is 7.28. The van der Waals surface area contributed by atoms with Gasteiger partial charge in [-0.1, -0.05) is 13.8 Å². The lowest BCUT2D eigenvalue weighted by atomic mass is 9.88. The van der Waals surface area contributed by atoms with Gasteiger partial charge in [-0.25, -0.2) is 9.50 Å². The van der Waals surface area contributed by atoms with Crippen molar-refractivity contribution in [2.45, 2.75) is 33.1 Å². The first kappa shape index (κ1) is 13.4. The molecule has 108 valence electrons. The van der Waals surface area contributed by atoms with Gasteiger partial charge in [0.1, 0.15) is 5.82 Å². The molecule has 3 rings (SSSR count). The van der Waals surface area contributed by atoms with E-state index in [1.807, 2.05) is 23.0 Å². The summed E-state index contributed by atoms with van der Waals surface area (Å²) in [7, 11) is 0. The van der Waals surface area contributed by atoms with Gasteiger partial charge >= 0.3 is 0 Å². The minimum absolute atomic E-state index is 0.144. The van der Waals surface area contributed by atoms with Gasteiger partial charge in [0.05, 0.1) is 6.20 Å². The lowest BCUT2D eigenvalue weighted by molar-refractivity contribution is 0.160. The zero-order chi connectivity index (χ0) is 14.2. The normalized spacial score (nSPS) is 16.2. The van der Waals surface area contributed by atoms with Gasteiger partial charge < -0.3 is 10.0 Å². The number of aliphatic hydroxyl groups excluding tert-OH is 1. The number of aliphatic hydroxyl groups is 1. The molecule has 3 heterocycles. The molecule has 20 heavy (non-hydrogen) atoms. The van der Waals surface area contributed by atoms with Gasteiger partial charge in [0.25, 0.3) is 0 Å². The maximum absolute atomic E-state index is 9.44. The Balaban J connectivity index is 1.95. The van der Waals surface area contributed by atoms with Crippen LogP contribution < -0.4 is 4.90 Å². The molecule has 1 N–H and O–H groups in total. The van der Waals surface area contributed by atoms with E-state index in [9.17, 15) is 5.11 Å². The van der Waals surface area contributed by atoms with Crippen molar-refractivity contribution in [2.75, 3.05) is 24.6 Å². The predicted octanol–water partition coefficient (Wildman–Crippen LogP) is 1.89. The van der Waals surface area contributed by atoms with Crippen LogP contribution >= 0.6 is 0 Å². The van der Waals surface area contributed by atoms with Gasteiger partial charge in [0.2, 0.25) is 0 Å². The molecule has 0 aromatic carbocycles. The Bertz CT molecular complexity index is 599. The van der Waals surface area contributed by atoms with Crippen LogP contribution in [0.15, 0.2) is 18.5 Å². The number of fused-ring (bicyclic) bond motifs is 1. The molecule has 0 bridgehead atoms. The Morgan fingerprint density at radius 2 is 2.05 bits per heavy atom. The van der Waals surface area contributed by atoms with Crippen molar-refractivity contribution in [1.82, 2.24) is 14.6 Å². The van der Waals surface area contributed by atoms with E-state index in [4.69, 9.17) is 4.98 Å². The van der Waals surface area contributed by atoms with Crippen molar-refractivity contribution in [3.63, 3.8) is 0 Å². The maximum Gasteiger partial charge on any atom is 0.160 e. The van der Waals surface area contributed by atoms with E-state index in [0.717, 1.165) is 36.5 Å². The molecule has 0 aliphatic carbocycles. The number of aromatic nitrogens is 3. The van der Waals surface area contributed by atoms with Crippen LogP contribution in [-0.4, -0.2) is 39.4 Å². The molecule has 5 heteroatoms. The zero-order valence-electron chi connectivity index (χ0n) is 12.2. The average Bonchev–Trinajstić information content (AvgIpc) is 3.08. The summed E-state index contributed by atoms with van der Waals surface area (Å²) < 4.78 is 1.82. The van der Waals surface area contributed by atoms with Crippen LogP contribution in [0.25, 0.3) is 5.65 Å². The van der Waals surface area contributed by atoms with E-state index in [1.54, 1.807) is 0 Å². The van der Waals surface area contributed by atoms with E-state index in [0.29, 0.717) is 0 Å². The smallest absolute Gasteiger partial charge is 0.160 e. The molecule has 1 fully saturated rings. The molecular formula is C15H22N4O. The highest BCUT2D eigenvalue weighted by Gasteiger charge is 2.21. The highest BCUT2D eigenvalue weighted by atomic mass is 16.3. The third kappa shape index (κ3) is 2.50. The second kappa shape index (κ2) is 5.05. The summed E-state index contributed by atoms with van der Waals surface area (Å²) in [6.07, 6.45) is 7.12. The summed E-state index contributed by atoms with van der Waals surface area (Å²) >= 11 is 0. The number of hydrogen-bond donors (Lipinski definition) is 1. The first-order chi connectivity index (χ1) is 9.59. The van der Waals surface area contributed by atoms with Crippen LogP contribution in [0.2, 0.25) is 0 Å². The zero-order valence-corrected chi connectivity index (χ0v) is 12.2. The SMILES string of the molecule is CC(C)(CO)Cc1cnn2ccc(N3CCCC3)nc12. The van der Waals surface area contributed by atoms with Crippen molar-refractivity contribution in [3.05, 3.63) is 24.0 Å². The molecule has 0 radical (unpaired) electrons. The van der Waals surface area contributed by atoms with Gasteiger partial charge in [-0.3, -0.25) is 0 Å². The van der Waals surface area contributed by atoms with Crippen LogP contribution in [-0.2, 0) is 6.42 Å². The third-order valence-electron chi connectivity index (χ3n) is 3.95. The van der Waals surface area contributed by atoms with Crippen LogP contribution in [0.5, 0.6) is 0 Å². The average molecular weight is 274 g/mol. The molecule has 5 nitrogen and oxygen atoms in total.